The first-order valence-corrected chi connectivity index (χ1v) is 11.9. The van der Waals surface area contributed by atoms with Crippen LogP contribution in [0.4, 0.5) is 11.4 Å². The quantitative estimate of drug-likeness (QED) is 0.714. The number of sulfonamides is 1. The Kier molecular flexibility index (Phi) is 5.73. The second kappa shape index (κ2) is 8.30. The van der Waals surface area contributed by atoms with E-state index in [2.05, 4.69) is 5.32 Å². The highest BCUT2D eigenvalue weighted by molar-refractivity contribution is 7.92. The van der Waals surface area contributed by atoms with Crippen molar-refractivity contribution in [3.63, 3.8) is 0 Å². The zero-order valence-electron chi connectivity index (χ0n) is 17.4. The van der Waals surface area contributed by atoms with E-state index >= 15 is 0 Å². The second-order valence-electron chi connectivity index (χ2n) is 8.14. The molecule has 2 aromatic rings. The van der Waals surface area contributed by atoms with Gasteiger partial charge in [0.2, 0.25) is 5.91 Å². The number of hydrogen-bond donors (Lipinski definition) is 1. The number of anilines is 2. The average Bonchev–Trinajstić information content (AvgIpc) is 3.38. The molecule has 0 radical (unpaired) electrons. The molecule has 160 valence electrons. The zero-order valence-corrected chi connectivity index (χ0v) is 18.2. The Morgan fingerprint density at radius 1 is 1.13 bits per heavy atom. The lowest BCUT2D eigenvalue weighted by Gasteiger charge is -2.24. The van der Waals surface area contributed by atoms with Crippen LogP contribution in [0.3, 0.4) is 0 Å². The van der Waals surface area contributed by atoms with E-state index in [9.17, 15) is 13.2 Å². The molecule has 4 rings (SSSR count). The fourth-order valence-corrected chi connectivity index (χ4v) is 6.45. The van der Waals surface area contributed by atoms with Gasteiger partial charge in [0.1, 0.15) is 5.75 Å². The van der Waals surface area contributed by atoms with Crippen LogP contribution in [-0.2, 0) is 14.8 Å². The van der Waals surface area contributed by atoms with Gasteiger partial charge in [-0.25, -0.2) is 8.42 Å². The SMILES string of the molecule is CCN(c1ccccc1)S(=O)(=O)c1ccc(OC)c(NC(=O)C2CC3CCC2C3)c1. The third kappa shape index (κ3) is 3.78. The molecule has 0 aromatic heterocycles. The zero-order chi connectivity index (χ0) is 21.3. The van der Waals surface area contributed by atoms with Crippen LogP contribution in [0.2, 0.25) is 0 Å². The standard InChI is InChI=1S/C23H28N2O4S/c1-3-25(18-7-5-4-6-8-18)30(27,28)19-11-12-22(29-2)21(15-19)24-23(26)20-14-16-9-10-17(20)13-16/h4-8,11-12,15-17,20H,3,9-10,13-14H2,1-2H3,(H,24,26). The Bertz CT molecular complexity index is 1020. The van der Waals surface area contributed by atoms with Gasteiger partial charge < -0.3 is 10.1 Å². The highest BCUT2D eigenvalue weighted by Crippen LogP contribution is 2.48. The lowest BCUT2D eigenvalue weighted by Crippen LogP contribution is -2.31. The number of ether oxygens (including phenoxy) is 1. The Hall–Kier alpha value is -2.54. The van der Waals surface area contributed by atoms with Gasteiger partial charge in [-0.3, -0.25) is 9.10 Å². The molecule has 2 saturated carbocycles. The molecule has 0 spiro atoms. The van der Waals surface area contributed by atoms with Crippen molar-refractivity contribution in [2.75, 3.05) is 23.3 Å². The summed E-state index contributed by atoms with van der Waals surface area (Å²) in [5, 5.41) is 2.95. The number of amides is 1. The normalized spacial score (nSPS) is 22.7. The number of hydrogen-bond acceptors (Lipinski definition) is 4. The largest absolute Gasteiger partial charge is 0.495 e. The van der Waals surface area contributed by atoms with Crippen LogP contribution < -0.4 is 14.4 Å². The molecule has 0 heterocycles. The van der Waals surface area contributed by atoms with E-state index in [0.29, 0.717) is 35.5 Å². The van der Waals surface area contributed by atoms with Gasteiger partial charge in [0.25, 0.3) is 10.0 Å². The maximum absolute atomic E-state index is 13.3. The van der Waals surface area contributed by atoms with E-state index in [-0.39, 0.29) is 16.7 Å². The predicted molar refractivity (Wildman–Crippen MR) is 117 cm³/mol. The Morgan fingerprint density at radius 3 is 2.50 bits per heavy atom. The molecule has 0 aliphatic heterocycles. The third-order valence-electron chi connectivity index (χ3n) is 6.42. The van der Waals surface area contributed by atoms with Gasteiger partial charge in [0.05, 0.1) is 23.4 Å². The number of para-hydroxylation sites is 1. The molecule has 6 nitrogen and oxygen atoms in total. The molecule has 3 atom stereocenters. The van der Waals surface area contributed by atoms with Crippen LogP contribution in [0.1, 0.15) is 32.6 Å². The number of benzene rings is 2. The summed E-state index contributed by atoms with van der Waals surface area (Å²) < 4.78 is 33.4. The van der Waals surface area contributed by atoms with Gasteiger partial charge in [-0.1, -0.05) is 24.6 Å². The number of rotatable bonds is 7. The van der Waals surface area contributed by atoms with Gasteiger partial charge in [-0.15, -0.1) is 0 Å². The Balaban J connectivity index is 1.62. The second-order valence-corrected chi connectivity index (χ2v) is 10.0. The van der Waals surface area contributed by atoms with Gasteiger partial charge in [0.15, 0.2) is 0 Å². The van der Waals surface area contributed by atoms with Crippen LogP contribution >= 0.6 is 0 Å². The van der Waals surface area contributed by atoms with Gasteiger partial charge in [-0.05, 0) is 68.4 Å². The highest BCUT2D eigenvalue weighted by Gasteiger charge is 2.43. The maximum atomic E-state index is 13.3. The molecule has 1 N–H and O–H groups in total. The van der Waals surface area contributed by atoms with E-state index in [1.54, 1.807) is 25.1 Å². The number of carbonyl (C=O) groups is 1. The molecule has 1 amide bonds. The van der Waals surface area contributed by atoms with E-state index in [1.165, 1.54) is 30.0 Å². The van der Waals surface area contributed by atoms with Crippen LogP contribution in [0.5, 0.6) is 5.75 Å². The van der Waals surface area contributed by atoms with Crippen molar-refractivity contribution in [2.45, 2.75) is 37.5 Å². The molecule has 7 heteroatoms. The maximum Gasteiger partial charge on any atom is 0.264 e. The van der Waals surface area contributed by atoms with Crippen LogP contribution in [0.15, 0.2) is 53.4 Å². The van der Waals surface area contributed by atoms with E-state index < -0.39 is 10.0 Å². The Morgan fingerprint density at radius 2 is 1.90 bits per heavy atom. The molecule has 3 unspecified atom stereocenters. The van der Waals surface area contributed by atoms with E-state index in [4.69, 9.17) is 4.74 Å². The summed E-state index contributed by atoms with van der Waals surface area (Å²) in [5.74, 6) is 1.52. The van der Waals surface area contributed by atoms with Crippen molar-refractivity contribution in [2.24, 2.45) is 17.8 Å². The van der Waals surface area contributed by atoms with Crippen molar-refractivity contribution in [1.82, 2.24) is 0 Å². The summed E-state index contributed by atoms with van der Waals surface area (Å²) in [6.07, 6.45) is 4.38. The van der Waals surface area contributed by atoms with Crippen LogP contribution in [-0.4, -0.2) is 28.0 Å². The topological polar surface area (TPSA) is 75.7 Å². The summed E-state index contributed by atoms with van der Waals surface area (Å²) in [7, 11) is -2.28. The van der Waals surface area contributed by atoms with Crippen molar-refractivity contribution < 1.29 is 17.9 Å². The molecule has 2 aliphatic rings. The summed E-state index contributed by atoms with van der Waals surface area (Å²) in [6, 6.07) is 13.6. The van der Waals surface area contributed by atoms with E-state index in [1.807, 2.05) is 18.2 Å². The Labute approximate surface area is 178 Å². The van der Waals surface area contributed by atoms with Gasteiger partial charge in [-0.2, -0.15) is 0 Å². The third-order valence-corrected chi connectivity index (χ3v) is 8.32. The summed E-state index contributed by atoms with van der Waals surface area (Å²) >= 11 is 0. The first-order chi connectivity index (χ1) is 14.4. The fourth-order valence-electron chi connectivity index (χ4n) is 4.95. The lowest BCUT2D eigenvalue weighted by atomic mass is 9.88. The summed E-state index contributed by atoms with van der Waals surface area (Å²) in [4.78, 5) is 13.0. The minimum absolute atomic E-state index is 0.00479. The molecule has 2 bridgehead atoms. The molecule has 0 saturated heterocycles. The molecule has 2 fully saturated rings. The highest BCUT2D eigenvalue weighted by atomic mass is 32.2. The predicted octanol–water partition coefficient (Wildman–Crippen LogP) is 4.29. The monoisotopic (exact) mass is 428 g/mol. The molecular weight excluding hydrogens is 400 g/mol. The number of nitrogens with one attached hydrogen (secondary N) is 1. The number of fused-ring (bicyclic) bond motifs is 2. The van der Waals surface area contributed by atoms with Crippen LogP contribution in [0.25, 0.3) is 0 Å². The van der Waals surface area contributed by atoms with Crippen molar-refractivity contribution in [3.8, 4) is 5.75 Å². The molecule has 30 heavy (non-hydrogen) atoms. The molecule has 2 aliphatic carbocycles. The minimum atomic E-state index is -3.79. The van der Waals surface area contributed by atoms with Crippen molar-refractivity contribution >= 4 is 27.3 Å². The first-order valence-electron chi connectivity index (χ1n) is 10.5. The van der Waals surface area contributed by atoms with Gasteiger partial charge >= 0.3 is 0 Å². The van der Waals surface area contributed by atoms with E-state index in [0.717, 1.165) is 19.3 Å². The van der Waals surface area contributed by atoms with Gasteiger partial charge in [0, 0.05) is 12.5 Å². The number of nitrogens with zero attached hydrogens (tertiary/aromatic N) is 1. The summed E-state index contributed by atoms with van der Waals surface area (Å²) in [6.45, 7) is 2.09. The average molecular weight is 429 g/mol. The lowest BCUT2D eigenvalue weighted by molar-refractivity contribution is -0.121. The summed E-state index contributed by atoms with van der Waals surface area (Å²) in [5.41, 5.74) is 0.999. The fraction of sp³-hybridized carbons (Fsp3) is 0.435. The van der Waals surface area contributed by atoms with Crippen molar-refractivity contribution in [1.29, 1.82) is 0 Å². The molecular formula is C23H28N2O4S. The minimum Gasteiger partial charge on any atom is -0.495 e. The number of methoxy groups -OCH3 is 1. The first kappa shape index (κ1) is 20.7. The van der Waals surface area contributed by atoms with Crippen molar-refractivity contribution in [3.05, 3.63) is 48.5 Å². The number of carbonyl (C=O) groups excluding carboxylic acids is 1. The smallest absolute Gasteiger partial charge is 0.264 e. The molecule has 2 aromatic carbocycles. The van der Waals surface area contributed by atoms with Crippen LogP contribution in [0, 0.1) is 17.8 Å².